The quantitative estimate of drug-likeness (QED) is 0.234. The Morgan fingerprint density at radius 1 is 1.13 bits per heavy atom. The number of aliphatic hydroxyl groups excluding tert-OH is 2. The van der Waals surface area contributed by atoms with Crippen molar-refractivity contribution in [2.75, 3.05) is 18.8 Å². The zero-order valence-electron chi connectivity index (χ0n) is 21.6. The number of fused-ring (bicyclic) bond motifs is 2. The molecule has 0 aliphatic carbocycles. The van der Waals surface area contributed by atoms with E-state index < -0.39 is 36.3 Å². The number of imidazole rings is 2. The number of aliphatic hydroxyl groups is 2. The van der Waals surface area contributed by atoms with Crippen LogP contribution in [-0.2, 0) is 17.3 Å². The number of pyridine rings is 1. The fraction of sp³-hybridized carbons (Fsp3) is 0.500. The molecule has 5 N–H and O–H groups in total. The molecular formula is C26H32F3N7O3. The smallest absolute Gasteiger partial charge is 0.397 e. The van der Waals surface area contributed by atoms with Crippen LogP contribution in [0.1, 0.15) is 44.3 Å². The van der Waals surface area contributed by atoms with Crippen molar-refractivity contribution in [3.05, 3.63) is 48.2 Å². The predicted octanol–water partition coefficient (Wildman–Crippen LogP) is 3.26. The Labute approximate surface area is 222 Å². The molecule has 4 atom stereocenters. The summed E-state index contributed by atoms with van der Waals surface area (Å²) in [5, 5.41) is 21.5. The van der Waals surface area contributed by atoms with Crippen LogP contribution in [0.15, 0.2) is 36.8 Å². The number of nitrogens with one attached hydrogen (secondary N) is 1. The Hall–Kier alpha value is -3.26. The number of aryl methyl sites for hydroxylation is 1. The van der Waals surface area contributed by atoms with Crippen LogP contribution < -0.4 is 5.73 Å². The van der Waals surface area contributed by atoms with E-state index in [-0.39, 0.29) is 11.6 Å². The number of nitrogen functional groups attached to an aromatic ring is 1. The minimum absolute atomic E-state index is 0.0622. The number of halogens is 3. The van der Waals surface area contributed by atoms with E-state index in [1.54, 1.807) is 22.9 Å². The zero-order valence-corrected chi connectivity index (χ0v) is 21.6. The monoisotopic (exact) mass is 547 g/mol. The highest BCUT2D eigenvalue weighted by atomic mass is 19.4. The number of unbranched alkanes of at least 4 members (excludes halogenated alkanes) is 1. The molecule has 10 nitrogen and oxygen atoms in total. The van der Waals surface area contributed by atoms with Gasteiger partial charge in [0.1, 0.15) is 35.2 Å². The molecule has 0 spiro atoms. The average Bonchev–Trinajstić information content (AvgIpc) is 3.57. The molecule has 0 radical (unpaired) electrons. The van der Waals surface area contributed by atoms with Crippen LogP contribution in [0.4, 0.5) is 18.9 Å². The van der Waals surface area contributed by atoms with Gasteiger partial charge in [-0.05, 0) is 51.4 Å². The van der Waals surface area contributed by atoms with Gasteiger partial charge in [0.25, 0.3) is 0 Å². The van der Waals surface area contributed by atoms with Crippen LogP contribution in [0, 0.1) is 0 Å². The number of rotatable bonds is 9. The van der Waals surface area contributed by atoms with Gasteiger partial charge < -0.3 is 25.7 Å². The summed E-state index contributed by atoms with van der Waals surface area (Å²) in [6.07, 6.45) is -3.27. The molecule has 5 rings (SSSR count). The van der Waals surface area contributed by atoms with E-state index in [9.17, 15) is 23.4 Å². The summed E-state index contributed by atoms with van der Waals surface area (Å²) in [6, 6.07) is 5.77. The number of hydrogen-bond acceptors (Lipinski definition) is 8. The number of aromatic nitrogens is 5. The number of H-pyrrole nitrogens is 1. The van der Waals surface area contributed by atoms with Crippen molar-refractivity contribution in [1.29, 1.82) is 0 Å². The molecule has 1 aromatic carbocycles. The van der Waals surface area contributed by atoms with Crippen LogP contribution in [0.25, 0.3) is 22.2 Å². The van der Waals surface area contributed by atoms with Gasteiger partial charge in [0, 0.05) is 25.2 Å². The molecule has 4 aromatic rings. The van der Waals surface area contributed by atoms with Crippen LogP contribution in [0.5, 0.6) is 0 Å². The minimum atomic E-state index is -4.46. The zero-order chi connectivity index (χ0) is 27.9. The van der Waals surface area contributed by atoms with Gasteiger partial charge in [0.2, 0.25) is 0 Å². The first-order valence-electron chi connectivity index (χ1n) is 12.9. The second kappa shape index (κ2) is 10.7. The molecule has 39 heavy (non-hydrogen) atoms. The van der Waals surface area contributed by atoms with Gasteiger partial charge in [-0.2, -0.15) is 13.2 Å². The molecular weight excluding hydrogens is 515 g/mol. The molecule has 1 aliphatic heterocycles. The second-order valence-corrected chi connectivity index (χ2v) is 10.2. The van der Waals surface area contributed by atoms with Crippen molar-refractivity contribution in [3.63, 3.8) is 0 Å². The molecule has 0 amide bonds. The molecule has 210 valence electrons. The summed E-state index contributed by atoms with van der Waals surface area (Å²) in [5.74, 6) is 0.514. The van der Waals surface area contributed by atoms with Gasteiger partial charge in [-0.1, -0.05) is 6.07 Å². The van der Waals surface area contributed by atoms with Crippen molar-refractivity contribution in [2.45, 2.75) is 69.9 Å². The number of nitrogens with two attached hydrogens (primary N) is 1. The highest BCUT2D eigenvalue weighted by Crippen LogP contribution is 2.34. The highest BCUT2D eigenvalue weighted by molar-refractivity contribution is 5.83. The number of benzene rings is 1. The topological polar surface area (TPSA) is 138 Å². The SMILES string of the molecule is CC(C)N(CCCCc1nc2c(C(F)(F)F)cccc2[nH]1)C[C@H]1O[C@@H](n2cnc3c(N)ccnc32)[C@H](O)[C@@H]1O. The van der Waals surface area contributed by atoms with Gasteiger partial charge in [0.05, 0.1) is 23.1 Å². The average molecular weight is 548 g/mol. The molecule has 1 aliphatic rings. The number of anilines is 1. The number of aromatic amines is 1. The van der Waals surface area contributed by atoms with Gasteiger partial charge in [-0.25, -0.2) is 15.0 Å². The summed E-state index contributed by atoms with van der Waals surface area (Å²) in [7, 11) is 0. The number of para-hydroxylation sites is 1. The number of hydrogen-bond donors (Lipinski definition) is 4. The van der Waals surface area contributed by atoms with Crippen molar-refractivity contribution in [2.24, 2.45) is 0 Å². The van der Waals surface area contributed by atoms with E-state index >= 15 is 0 Å². The van der Waals surface area contributed by atoms with Gasteiger partial charge in [-0.15, -0.1) is 0 Å². The molecule has 1 saturated heterocycles. The number of nitrogens with zero attached hydrogens (tertiary/aromatic N) is 5. The van der Waals surface area contributed by atoms with Crippen molar-refractivity contribution in [1.82, 2.24) is 29.4 Å². The van der Waals surface area contributed by atoms with Crippen molar-refractivity contribution < 1.29 is 28.1 Å². The minimum Gasteiger partial charge on any atom is -0.397 e. The number of ether oxygens (including phenoxy) is 1. The van der Waals surface area contributed by atoms with Crippen molar-refractivity contribution >= 4 is 27.9 Å². The maximum Gasteiger partial charge on any atom is 0.418 e. The predicted molar refractivity (Wildman–Crippen MR) is 139 cm³/mol. The molecule has 3 aromatic heterocycles. The van der Waals surface area contributed by atoms with E-state index in [4.69, 9.17) is 10.5 Å². The van der Waals surface area contributed by atoms with Gasteiger partial charge in [-0.3, -0.25) is 9.47 Å². The lowest BCUT2D eigenvalue weighted by Gasteiger charge is -2.30. The Balaban J connectivity index is 1.19. The maximum absolute atomic E-state index is 13.3. The third-order valence-electron chi connectivity index (χ3n) is 7.22. The standard InChI is InChI=1S/C26H32F3N7O3/c1-14(2)35(11-4-3-8-19-33-17-7-5-6-15(20(17)34-19)26(27,28)29)12-18-22(37)23(38)25(39-18)36-13-32-21-16(30)9-10-31-24(21)36/h5-7,9-10,13-14,18,22-23,25,37-38H,3-4,8,11-12H2,1-2H3,(H2,30,31)(H,33,34)/t18-,22-,23-,25-/m1/s1. The van der Waals surface area contributed by atoms with Crippen LogP contribution in [0.2, 0.25) is 0 Å². The first kappa shape index (κ1) is 27.3. The summed E-state index contributed by atoms with van der Waals surface area (Å²) < 4.78 is 47.6. The molecule has 0 unspecified atom stereocenters. The fourth-order valence-corrected chi connectivity index (χ4v) is 5.08. The summed E-state index contributed by atoms with van der Waals surface area (Å²) in [5.41, 5.74) is 6.94. The Morgan fingerprint density at radius 2 is 1.92 bits per heavy atom. The first-order chi connectivity index (χ1) is 18.5. The van der Waals surface area contributed by atoms with E-state index in [0.717, 1.165) is 12.5 Å². The first-order valence-corrected chi connectivity index (χ1v) is 12.9. The van der Waals surface area contributed by atoms with Crippen molar-refractivity contribution in [3.8, 4) is 0 Å². The molecule has 0 saturated carbocycles. The lowest BCUT2D eigenvalue weighted by molar-refractivity contribution is -0.136. The fourth-order valence-electron chi connectivity index (χ4n) is 5.08. The maximum atomic E-state index is 13.3. The lowest BCUT2D eigenvalue weighted by Crippen LogP contribution is -2.43. The molecule has 4 heterocycles. The van der Waals surface area contributed by atoms with E-state index in [0.29, 0.717) is 54.1 Å². The largest absolute Gasteiger partial charge is 0.418 e. The van der Waals surface area contributed by atoms with E-state index in [1.807, 2.05) is 13.8 Å². The molecule has 0 bridgehead atoms. The summed E-state index contributed by atoms with van der Waals surface area (Å²) >= 11 is 0. The van der Waals surface area contributed by atoms with Crippen LogP contribution >= 0.6 is 0 Å². The third-order valence-corrected chi connectivity index (χ3v) is 7.22. The molecule has 13 heteroatoms. The number of alkyl halides is 3. The van der Waals surface area contributed by atoms with Crippen LogP contribution in [0.3, 0.4) is 0 Å². The Morgan fingerprint density at radius 3 is 2.67 bits per heavy atom. The van der Waals surface area contributed by atoms with Gasteiger partial charge in [0.15, 0.2) is 11.9 Å². The molecule has 1 fully saturated rings. The van der Waals surface area contributed by atoms with E-state index in [1.165, 1.54) is 12.4 Å². The Bertz CT molecular complexity index is 1440. The highest BCUT2D eigenvalue weighted by Gasteiger charge is 2.45. The summed E-state index contributed by atoms with van der Waals surface area (Å²) in [6.45, 7) is 5.12. The normalized spacial score (nSPS) is 22.2. The van der Waals surface area contributed by atoms with Crippen LogP contribution in [-0.4, -0.2) is 77.1 Å². The lowest BCUT2D eigenvalue weighted by atomic mass is 10.1. The Kier molecular flexibility index (Phi) is 7.51. The van der Waals surface area contributed by atoms with E-state index in [2.05, 4.69) is 24.8 Å². The summed E-state index contributed by atoms with van der Waals surface area (Å²) in [4.78, 5) is 17.9. The third kappa shape index (κ3) is 5.44. The second-order valence-electron chi connectivity index (χ2n) is 10.2. The van der Waals surface area contributed by atoms with Gasteiger partial charge >= 0.3 is 6.18 Å².